The van der Waals surface area contributed by atoms with Gasteiger partial charge in [0.05, 0.1) is 12.2 Å². The lowest BCUT2D eigenvalue weighted by Gasteiger charge is -2.14. The lowest BCUT2D eigenvalue weighted by atomic mass is 9.96. The maximum absolute atomic E-state index is 13.2. The van der Waals surface area contributed by atoms with Gasteiger partial charge in [-0.25, -0.2) is 4.39 Å². The highest BCUT2D eigenvalue weighted by molar-refractivity contribution is 5.33. The summed E-state index contributed by atoms with van der Waals surface area (Å²) in [5.74, 6) is 0.244. The minimum absolute atomic E-state index is 0.338. The SMILES string of the molecule is CC(C)Cc1cccc(C(N)c2cncc(F)c2)c1. The van der Waals surface area contributed by atoms with Crippen LogP contribution in [-0.2, 0) is 6.42 Å². The Morgan fingerprint density at radius 1 is 1.16 bits per heavy atom. The number of hydrogen-bond donors (Lipinski definition) is 1. The van der Waals surface area contributed by atoms with Crippen molar-refractivity contribution in [2.45, 2.75) is 26.3 Å². The van der Waals surface area contributed by atoms with Crippen LogP contribution in [0, 0.1) is 11.7 Å². The predicted molar refractivity (Wildman–Crippen MR) is 75.2 cm³/mol. The van der Waals surface area contributed by atoms with Crippen LogP contribution in [0.15, 0.2) is 42.7 Å². The van der Waals surface area contributed by atoms with E-state index in [-0.39, 0.29) is 11.9 Å². The van der Waals surface area contributed by atoms with Gasteiger partial charge in [0.15, 0.2) is 0 Å². The molecule has 100 valence electrons. The molecule has 19 heavy (non-hydrogen) atoms. The van der Waals surface area contributed by atoms with Crippen molar-refractivity contribution >= 4 is 0 Å². The molecule has 0 saturated heterocycles. The molecular weight excluding hydrogens is 239 g/mol. The van der Waals surface area contributed by atoms with Gasteiger partial charge in [-0.1, -0.05) is 38.1 Å². The van der Waals surface area contributed by atoms with Gasteiger partial charge < -0.3 is 5.73 Å². The van der Waals surface area contributed by atoms with E-state index in [0.717, 1.165) is 12.0 Å². The normalized spacial score (nSPS) is 12.7. The molecule has 0 aliphatic carbocycles. The summed E-state index contributed by atoms with van der Waals surface area (Å²) in [6.45, 7) is 4.37. The van der Waals surface area contributed by atoms with E-state index >= 15 is 0 Å². The lowest BCUT2D eigenvalue weighted by molar-refractivity contribution is 0.616. The van der Waals surface area contributed by atoms with Crippen molar-refractivity contribution in [1.82, 2.24) is 4.98 Å². The zero-order valence-corrected chi connectivity index (χ0v) is 11.3. The second kappa shape index (κ2) is 5.93. The molecule has 3 heteroatoms. The Hall–Kier alpha value is -1.74. The Labute approximate surface area is 113 Å². The Bertz CT molecular complexity index is 552. The maximum Gasteiger partial charge on any atom is 0.141 e. The largest absolute Gasteiger partial charge is 0.320 e. The van der Waals surface area contributed by atoms with Gasteiger partial charge in [-0.15, -0.1) is 0 Å². The van der Waals surface area contributed by atoms with E-state index in [4.69, 9.17) is 5.73 Å². The molecule has 0 fully saturated rings. The number of hydrogen-bond acceptors (Lipinski definition) is 2. The van der Waals surface area contributed by atoms with Gasteiger partial charge in [0.25, 0.3) is 0 Å². The van der Waals surface area contributed by atoms with Crippen LogP contribution < -0.4 is 5.73 Å². The third-order valence-corrected chi connectivity index (χ3v) is 3.04. The summed E-state index contributed by atoms with van der Waals surface area (Å²) in [6, 6.07) is 9.26. The van der Waals surface area contributed by atoms with E-state index in [1.807, 2.05) is 12.1 Å². The zero-order valence-electron chi connectivity index (χ0n) is 11.3. The van der Waals surface area contributed by atoms with Crippen molar-refractivity contribution in [3.63, 3.8) is 0 Å². The molecule has 2 rings (SSSR count). The molecule has 2 nitrogen and oxygen atoms in total. The average Bonchev–Trinajstić information content (AvgIpc) is 2.37. The third kappa shape index (κ3) is 3.61. The molecule has 1 aromatic heterocycles. The highest BCUT2D eigenvalue weighted by Gasteiger charge is 2.11. The molecule has 0 radical (unpaired) electrons. The maximum atomic E-state index is 13.2. The van der Waals surface area contributed by atoms with Crippen LogP contribution in [0.25, 0.3) is 0 Å². The van der Waals surface area contributed by atoms with Gasteiger partial charge in [0.1, 0.15) is 5.82 Å². The van der Waals surface area contributed by atoms with Crippen LogP contribution in [0.2, 0.25) is 0 Å². The van der Waals surface area contributed by atoms with Gasteiger partial charge in [-0.05, 0) is 35.1 Å². The van der Waals surface area contributed by atoms with E-state index in [2.05, 4.69) is 31.0 Å². The van der Waals surface area contributed by atoms with Crippen LogP contribution in [0.1, 0.15) is 36.6 Å². The fraction of sp³-hybridized carbons (Fsp3) is 0.312. The standard InChI is InChI=1S/C16H19FN2/c1-11(2)6-12-4-3-5-13(7-12)16(18)14-8-15(17)10-19-9-14/h3-5,7-11,16H,6,18H2,1-2H3. The second-order valence-electron chi connectivity index (χ2n) is 5.26. The molecule has 2 N–H and O–H groups in total. The smallest absolute Gasteiger partial charge is 0.141 e. The monoisotopic (exact) mass is 258 g/mol. The number of rotatable bonds is 4. The summed E-state index contributed by atoms with van der Waals surface area (Å²) in [5, 5.41) is 0. The summed E-state index contributed by atoms with van der Waals surface area (Å²) in [6.07, 6.45) is 3.82. The topological polar surface area (TPSA) is 38.9 Å². The molecule has 0 saturated carbocycles. The summed E-state index contributed by atoms with van der Waals surface area (Å²) in [5.41, 5.74) is 9.12. The zero-order chi connectivity index (χ0) is 13.8. The number of nitrogens with zero attached hydrogens (tertiary/aromatic N) is 1. The van der Waals surface area contributed by atoms with Crippen LogP contribution in [0.3, 0.4) is 0 Å². The Morgan fingerprint density at radius 2 is 1.95 bits per heavy atom. The minimum atomic E-state index is -0.355. The molecule has 1 heterocycles. The average molecular weight is 258 g/mol. The molecule has 1 atom stereocenters. The fourth-order valence-corrected chi connectivity index (χ4v) is 2.18. The first-order chi connectivity index (χ1) is 9.06. The highest BCUT2D eigenvalue weighted by Crippen LogP contribution is 2.21. The summed E-state index contributed by atoms with van der Waals surface area (Å²) < 4.78 is 13.2. The quantitative estimate of drug-likeness (QED) is 0.912. The van der Waals surface area contributed by atoms with Crippen molar-refractivity contribution in [3.8, 4) is 0 Å². The Morgan fingerprint density at radius 3 is 2.63 bits per heavy atom. The highest BCUT2D eigenvalue weighted by atomic mass is 19.1. The number of halogens is 1. The number of aromatic nitrogens is 1. The first-order valence-corrected chi connectivity index (χ1v) is 6.51. The van der Waals surface area contributed by atoms with E-state index < -0.39 is 0 Å². The Balaban J connectivity index is 2.26. The van der Waals surface area contributed by atoms with Crippen LogP contribution in [0.4, 0.5) is 4.39 Å². The van der Waals surface area contributed by atoms with Crippen LogP contribution in [-0.4, -0.2) is 4.98 Å². The molecule has 0 amide bonds. The van der Waals surface area contributed by atoms with Crippen LogP contribution in [0.5, 0.6) is 0 Å². The van der Waals surface area contributed by atoms with Crippen molar-refractivity contribution in [2.24, 2.45) is 11.7 Å². The molecular formula is C16H19FN2. The Kier molecular flexibility index (Phi) is 4.27. The molecule has 1 unspecified atom stereocenters. The van der Waals surface area contributed by atoms with Crippen molar-refractivity contribution in [1.29, 1.82) is 0 Å². The first-order valence-electron chi connectivity index (χ1n) is 6.51. The summed E-state index contributed by atoms with van der Waals surface area (Å²) in [4.78, 5) is 3.85. The van der Waals surface area contributed by atoms with Gasteiger partial charge in [0.2, 0.25) is 0 Å². The predicted octanol–water partition coefficient (Wildman–Crippen LogP) is 3.47. The first kappa shape index (κ1) is 13.7. The van der Waals surface area contributed by atoms with E-state index in [9.17, 15) is 4.39 Å². The third-order valence-electron chi connectivity index (χ3n) is 3.04. The van der Waals surface area contributed by atoms with Gasteiger partial charge in [0, 0.05) is 6.20 Å². The fourth-order valence-electron chi connectivity index (χ4n) is 2.18. The van der Waals surface area contributed by atoms with E-state index in [1.54, 1.807) is 6.20 Å². The van der Waals surface area contributed by atoms with E-state index in [0.29, 0.717) is 11.5 Å². The minimum Gasteiger partial charge on any atom is -0.320 e. The summed E-state index contributed by atoms with van der Waals surface area (Å²) >= 11 is 0. The number of benzene rings is 1. The van der Waals surface area contributed by atoms with Gasteiger partial charge in [-0.2, -0.15) is 0 Å². The molecule has 2 aromatic rings. The molecule has 0 aliphatic heterocycles. The molecule has 0 spiro atoms. The lowest BCUT2D eigenvalue weighted by Crippen LogP contribution is -2.13. The van der Waals surface area contributed by atoms with Crippen molar-refractivity contribution < 1.29 is 4.39 Å². The number of nitrogens with two attached hydrogens (primary N) is 1. The van der Waals surface area contributed by atoms with Crippen LogP contribution >= 0.6 is 0 Å². The molecule has 1 aromatic carbocycles. The molecule has 0 aliphatic rings. The van der Waals surface area contributed by atoms with Crippen molar-refractivity contribution in [3.05, 3.63) is 65.2 Å². The van der Waals surface area contributed by atoms with Gasteiger partial charge >= 0.3 is 0 Å². The van der Waals surface area contributed by atoms with Gasteiger partial charge in [-0.3, -0.25) is 4.98 Å². The van der Waals surface area contributed by atoms with Crippen molar-refractivity contribution in [2.75, 3.05) is 0 Å². The second-order valence-corrected chi connectivity index (χ2v) is 5.26. The molecule has 0 bridgehead atoms. The summed E-state index contributed by atoms with van der Waals surface area (Å²) in [7, 11) is 0. The number of pyridine rings is 1. The van der Waals surface area contributed by atoms with E-state index in [1.165, 1.54) is 17.8 Å².